The van der Waals surface area contributed by atoms with Crippen molar-refractivity contribution in [2.45, 2.75) is 31.7 Å². The Morgan fingerprint density at radius 1 is 1.23 bits per heavy atom. The first-order chi connectivity index (χ1) is 15.1. The van der Waals surface area contributed by atoms with Crippen molar-refractivity contribution in [3.63, 3.8) is 0 Å². The Morgan fingerprint density at radius 3 is 2.84 bits per heavy atom. The van der Waals surface area contributed by atoms with Crippen LogP contribution in [0.15, 0.2) is 59.3 Å². The van der Waals surface area contributed by atoms with E-state index in [-0.39, 0.29) is 17.9 Å². The number of nitrogens with one attached hydrogen (secondary N) is 1. The first-order valence-corrected chi connectivity index (χ1v) is 10.4. The third kappa shape index (κ3) is 3.67. The van der Waals surface area contributed by atoms with Gasteiger partial charge in [-0.15, -0.1) is 0 Å². The number of ether oxygens (including phenoxy) is 1. The van der Waals surface area contributed by atoms with E-state index in [0.29, 0.717) is 31.1 Å². The maximum Gasteiger partial charge on any atom is 0.231 e. The average Bonchev–Trinajstić information content (AvgIpc) is 3.53. The van der Waals surface area contributed by atoms with E-state index < -0.39 is 0 Å². The molecule has 7 heteroatoms. The summed E-state index contributed by atoms with van der Waals surface area (Å²) in [5, 5.41) is 5.34. The highest BCUT2D eigenvalue weighted by molar-refractivity contribution is 5.83. The minimum Gasteiger partial charge on any atom is -0.497 e. The molecule has 0 aliphatic carbocycles. The molecule has 0 radical (unpaired) electrons. The van der Waals surface area contributed by atoms with Gasteiger partial charge in [0.25, 0.3) is 0 Å². The molecule has 1 aliphatic heterocycles. The average molecular weight is 416 g/mol. The molecule has 3 heterocycles. The second kappa shape index (κ2) is 7.91. The molecule has 0 saturated carbocycles. The first-order valence-electron chi connectivity index (χ1n) is 10.4. The largest absolute Gasteiger partial charge is 0.497 e. The third-order valence-corrected chi connectivity index (χ3v) is 6.09. The molecule has 31 heavy (non-hydrogen) atoms. The Labute approximate surface area is 180 Å². The number of para-hydroxylation sites is 1. The lowest BCUT2D eigenvalue weighted by atomic mass is 10.1. The summed E-state index contributed by atoms with van der Waals surface area (Å²) in [4.78, 5) is 22.5. The summed E-state index contributed by atoms with van der Waals surface area (Å²) in [5.41, 5.74) is 3.27. The number of nitrogens with zero attached hydrogens (tertiary/aromatic N) is 3. The highest BCUT2D eigenvalue weighted by atomic mass is 16.5. The van der Waals surface area contributed by atoms with Crippen molar-refractivity contribution in [2.24, 2.45) is 0 Å². The van der Waals surface area contributed by atoms with E-state index in [0.717, 1.165) is 27.8 Å². The second-order valence-corrected chi connectivity index (χ2v) is 7.98. The van der Waals surface area contributed by atoms with Crippen LogP contribution in [0.1, 0.15) is 48.1 Å². The first kappa shape index (κ1) is 19.4. The summed E-state index contributed by atoms with van der Waals surface area (Å²) < 4.78 is 10.7. The number of hydrogen-bond acceptors (Lipinski definition) is 5. The number of likely N-dealkylation sites (tertiary alicyclic amines) is 1. The normalized spacial score (nSPS) is 17.4. The van der Waals surface area contributed by atoms with Gasteiger partial charge in [0.15, 0.2) is 5.82 Å². The molecule has 0 bridgehead atoms. The predicted octanol–water partition coefficient (Wildman–Crippen LogP) is 4.23. The number of hydrogen-bond donors (Lipinski definition) is 1. The fourth-order valence-electron chi connectivity index (χ4n) is 4.29. The number of carbonyl (C=O) groups is 1. The Balaban J connectivity index is 1.29. The van der Waals surface area contributed by atoms with Crippen LogP contribution in [-0.2, 0) is 11.2 Å². The van der Waals surface area contributed by atoms with Crippen LogP contribution < -0.4 is 4.74 Å². The van der Waals surface area contributed by atoms with E-state index in [2.05, 4.69) is 21.2 Å². The van der Waals surface area contributed by atoms with E-state index in [9.17, 15) is 4.79 Å². The Morgan fingerprint density at radius 2 is 2.03 bits per heavy atom. The quantitative estimate of drug-likeness (QED) is 0.509. The molecule has 2 aromatic heterocycles. The molecule has 158 valence electrons. The Bertz CT molecular complexity index is 1210. The van der Waals surface area contributed by atoms with Crippen molar-refractivity contribution in [2.75, 3.05) is 13.7 Å². The van der Waals surface area contributed by atoms with E-state index in [4.69, 9.17) is 9.26 Å². The molecule has 2 aromatic carbocycles. The number of H-pyrrole nitrogens is 1. The summed E-state index contributed by atoms with van der Waals surface area (Å²) in [6, 6.07) is 15.9. The maximum atomic E-state index is 12.7. The highest BCUT2D eigenvalue weighted by Crippen LogP contribution is 2.33. The van der Waals surface area contributed by atoms with Crippen LogP contribution in [0.2, 0.25) is 0 Å². The molecule has 7 nitrogen and oxygen atoms in total. The van der Waals surface area contributed by atoms with Gasteiger partial charge in [-0.1, -0.05) is 35.5 Å². The van der Waals surface area contributed by atoms with Crippen LogP contribution in [0.5, 0.6) is 5.75 Å². The van der Waals surface area contributed by atoms with Crippen LogP contribution in [0.3, 0.4) is 0 Å². The number of methoxy groups -OCH3 is 1. The van der Waals surface area contributed by atoms with Crippen molar-refractivity contribution in [1.82, 2.24) is 20.0 Å². The number of aromatic amines is 1. The summed E-state index contributed by atoms with van der Waals surface area (Å²) >= 11 is 0. The van der Waals surface area contributed by atoms with Crippen LogP contribution in [0.4, 0.5) is 0 Å². The molecule has 1 saturated heterocycles. The van der Waals surface area contributed by atoms with Gasteiger partial charge in [0, 0.05) is 36.0 Å². The van der Waals surface area contributed by atoms with Gasteiger partial charge >= 0.3 is 0 Å². The third-order valence-electron chi connectivity index (χ3n) is 6.09. The summed E-state index contributed by atoms with van der Waals surface area (Å²) in [5.74, 6) is 2.02. The predicted molar refractivity (Wildman–Crippen MR) is 116 cm³/mol. The number of fused-ring (bicyclic) bond motifs is 1. The lowest BCUT2D eigenvalue weighted by Crippen LogP contribution is -2.28. The molecule has 4 aromatic rings. The van der Waals surface area contributed by atoms with Gasteiger partial charge in [-0.3, -0.25) is 4.79 Å². The second-order valence-electron chi connectivity index (χ2n) is 7.98. The molecule has 0 spiro atoms. The maximum absolute atomic E-state index is 12.7. The lowest BCUT2D eigenvalue weighted by molar-refractivity contribution is -0.129. The zero-order valence-electron chi connectivity index (χ0n) is 17.5. The Hall–Kier alpha value is -3.61. The van der Waals surface area contributed by atoms with E-state index in [1.165, 1.54) is 0 Å². The van der Waals surface area contributed by atoms with Crippen molar-refractivity contribution < 1.29 is 14.1 Å². The SMILES string of the molecule is COc1ccc(C(C)N2CC(c3noc(Cc4c[nH]c5ccccc45)n3)CC2=O)cc1. The standard InChI is InChI=1S/C24H24N4O3/c1-15(16-7-9-19(30-2)10-8-16)28-14-18(12-23(28)29)24-26-22(31-27-24)11-17-13-25-21-6-4-3-5-20(17)21/h3-10,13,15,18,25H,11-12,14H2,1-2H3. The van der Waals surface area contributed by atoms with Gasteiger partial charge in [0.1, 0.15) is 5.75 Å². The highest BCUT2D eigenvalue weighted by Gasteiger charge is 2.36. The number of carbonyl (C=O) groups excluding carboxylic acids is 1. The van der Waals surface area contributed by atoms with Crippen molar-refractivity contribution >= 4 is 16.8 Å². The smallest absolute Gasteiger partial charge is 0.231 e. The van der Waals surface area contributed by atoms with E-state index in [1.807, 2.05) is 60.5 Å². The number of benzene rings is 2. The summed E-state index contributed by atoms with van der Waals surface area (Å²) in [6.07, 6.45) is 2.93. The number of rotatable bonds is 6. The van der Waals surface area contributed by atoms with Gasteiger partial charge in [-0.2, -0.15) is 4.98 Å². The van der Waals surface area contributed by atoms with Crippen LogP contribution in [0.25, 0.3) is 10.9 Å². The molecule has 2 unspecified atom stereocenters. The van der Waals surface area contributed by atoms with Crippen molar-refractivity contribution in [1.29, 1.82) is 0 Å². The van der Waals surface area contributed by atoms with Gasteiger partial charge in [0.2, 0.25) is 11.8 Å². The van der Waals surface area contributed by atoms with Crippen LogP contribution >= 0.6 is 0 Å². The molecule has 5 rings (SSSR count). The topological polar surface area (TPSA) is 84.2 Å². The van der Waals surface area contributed by atoms with Crippen LogP contribution in [0, 0.1) is 0 Å². The van der Waals surface area contributed by atoms with E-state index in [1.54, 1.807) is 7.11 Å². The molecule has 1 N–H and O–H groups in total. The molecule has 1 aliphatic rings. The minimum absolute atomic E-state index is 0.0269. The molecule has 1 fully saturated rings. The summed E-state index contributed by atoms with van der Waals surface area (Å²) in [6.45, 7) is 2.62. The molecule has 1 amide bonds. The van der Waals surface area contributed by atoms with Gasteiger partial charge in [-0.25, -0.2) is 0 Å². The van der Waals surface area contributed by atoms with Gasteiger partial charge < -0.3 is 19.1 Å². The Kier molecular flexibility index (Phi) is 4.94. The number of amides is 1. The van der Waals surface area contributed by atoms with Gasteiger partial charge in [0.05, 0.1) is 19.6 Å². The fraction of sp³-hybridized carbons (Fsp3) is 0.292. The molecule has 2 atom stereocenters. The number of aromatic nitrogens is 3. The zero-order valence-corrected chi connectivity index (χ0v) is 17.5. The molecular formula is C24H24N4O3. The van der Waals surface area contributed by atoms with Crippen LogP contribution in [-0.4, -0.2) is 39.6 Å². The van der Waals surface area contributed by atoms with E-state index >= 15 is 0 Å². The summed E-state index contributed by atoms with van der Waals surface area (Å²) in [7, 11) is 1.64. The monoisotopic (exact) mass is 416 g/mol. The van der Waals surface area contributed by atoms with Crippen molar-refractivity contribution in [3.05, 3.63) is 77.6 Å². The van der Waals surface area contributed by atoms with Crippen molar-refractivity contribution in [3.8, 4) is 5.75 Å². The fourth-order valence-corrected chi connectivity index (χ4v) is 4.29. The lowest BCUT2D eigenvalue weighted by Gasteiger charge is -2.25. The van der Waals surface area contributed by atoms with Gasteiger partial charge in [-0.05, 0) is 36.2 Å². The minimum atomic E-state index is -0.0614. The molecular weight excluding hydrogens is 392 g/mol. The zero-order chi connectivity index (χ0) is 21.4.